The Kier molecular flexibility index (Phi) is 10.7. The van der Waals surface area contributed by atoms with Crippen LogP contribution in [0.3, 0.4) is 0 Å². The van der Waals surface area contributed by atoms with Gasteiger partial charge in [-0.25, -0.2) is 8.42 Å². The largest absolute Gasteiger partial charge is 0.354 e. The van der Waals surface area contributed by atoms with E-state index in [1.165, 1.54) is 17.0 Å². The maximum Gasteiger partial charge on any atom is 0.264 e. The lowest BCUT2D eigenvalue weighted by molar-refractivity contribution is -0.140. The van der Waals surface area contributed by atoms with Crippen molar-refractivity contribution in [2.75, 3.05) is 17.4 Å². The molecule has 0 aliphatic carbocycles. The standard InChI is InChI=1S/C35H39N3O4S/c1-4-22-36-35(40)33(24-29-13-7-5-8-14-29)37(25-30-15-11-12-28(3)23-30)34(39)26-38(31-20-18-27(2)19-21-31)43(41,42)32-16-9-6-10-17-32/h5-21,23,33H,4,22,24-26H2,1-3H3,(H,36,40)/t33-/m0/s1. The van der Waals surface area contributed by atoms with E-state index in [-0.39, 0.29) is 23.8 Å². The lowest BCUT2D eigenvalue weighted by Gasteiger charge is -2.34. The van der Waals surface area contributed by atoms with Gasteiger partial charge in [-0.3, -0.25) is 13.9 Å². The van der Waals surface area contributed by atoms with Gasteiger partial charge in [0.25, 0.3) is 10.0 Å². The molecule has 2 amide bonds. The van der Waals surface area contributed by atoms with Gasteiger partial charge in [-0.1, -0.05) is 103 Å². The van der Waals surface area contributed by atoms with Crippen LogP contribution < -0.4 is 9.62 Å². The number of nitrogens with one attached hydrogen (secondary N) is 1. The van der Waals surface area contributed by atoms with Crippen molar-refractivity contribution in [2.45, 2.75) is 51.1 Å². The molecule has 0 unspecified atom stereocenters. The highest BCUT2D eigenvalue weighted by Gasteiger charge is 2.34. The third-order valence-corrected chi connectivity index (χ3v) is 8.98. The molecule has 0 radical (unpaired) electrons. The maximum atomic E-state index is 14.4. The summed E-state index contributed by atoms with van der Waals surface area (Å²) in [5, 5.41) is 2.97. The first-order valence-corrected chi connectivity index (χ1v) is 15.9. The molecule has 8 heteroatoms. The van der Waals surface area contributed by atoms with E-state index >= 15 is 0 Å². The zero-order valence-corrected chi connectivity index (χ0v) is 25.8. The normalized spacial score (nSPS) is 11.9. The number of nitrogens with zero attached hydrogens (tertiary/aromatic N) is 2. The first-order chi connectivity index (χ1) is 20.7. The second-order valence-corrected chi connectivity index (χ2v) is 12.5. The molecule has 0 bridgehead atoms. The van der Waals surface area contributed by atoms with Crippen molar-refractivity contribution in [3.8, 4) is 0 Å². The number of carbonyl (C=O) groups excluding carboxylic acids is 2. The van der Waals surface area contributed by atoms with Gasteiger partial charge in [-0.15, -0.1) is 0 Å². The number of hydrogen-bond acceptors (Lipinski definition) is 4. The number of amides is 2. The third-order valence-electron chi connectivity index (χ3n) is 7.19. The van der Waals surface area contributed by atoms with Crippen LogP contribution in [0.4, 0.5) is 5.69 Å². The number of carbonyl (C=O) groups is 2. The summed E-state index contributed by atoms with van der Waals surface area (Å²) in [6, 6.07) is 31.6. The average Bonchev–Trinajstić information content (AvgIpc) is 3.01. The van der Waals surface area contributed by atoms with Crippen molar-refractivity contribution in [1.29, 1.82) is 0 Å². The van der Waals surface area contributed by atoms with Crippen LogP contribution in [0, 0.1) is 13.8 Å². The number of sulfonamides is 1. The van der Waals surface area contributed by atoms with E-state index in [0.29, 0.717) is 12.2 Å². The quantitative estimate of drug-likeness (QED) is 0.215. The molecule has 0 fully saturated rings. The van der Waals surface area contributed by atoms with Gasteiger partial charge in [0, 0.05) is 19.5 Å². The van der Waals surface area contributed by atoms with Gasteiger partial charge in [0.2, 0.25) is 11.8 Å². The van der Waals surface area contributed by atoms with Crippen LogP contribution in [0.1, 0.15) is 35.6 Å². The maximum absolute atomic E-state index is 14.4. The minimum atomic E-state index is -4.11. The zero-order chi connectivity index (χ0) is 30.8. The van der Waals surface area contributed by atoms with Crippen molar-refractivity contribution in [1.82, 2.24) is 10.2 Å². The van der Waals surface area contributed by atoms with Gasteiger partial charge in [-0.05, 0) is 55.7 Å². The minimum absolute atomic E-state index is 0.0788. The fraction of sp³-hybridized carbons (Fsp3) is 0.257. The van der Waals surface area contributed by atoms with E-state index in [0.717, 1.165) is 33.0 Å². The molecule has 0 heterocycles. The Morgan fingerprint density at radius 2 is 1.40 bits per heavy atom. The van der Waals surface area contributed by atoms with Crippen LogP contribution in [0.15, 0.2) is 114 Å². The Labute approximate surface area is 255 Å². The highest BCUT2D eigenvalue weighted by atomic mass is 32.2. The predicted molar refractivity (Wildman–Crippen MR) is 171 cm³/mol. The predicted octanol–water partition coefficient (Wildman–Crippen LogP) is 5.67. The van der Waals surface area contributed by atoms with Gasteiger partial charge in [0.05, 0.1) is 10.6 Å². The van der Waals surface area contributed by atoms with Gasteiger partial charge >= 0.3 is 0 Å². The first-order valence-electron chi connectivity index (χ1n) is 14.5. The van der Waals surface area contributed by atoms with Crippen LogP contribution in [-0.4, -0.2) is 44.3 Å². The molecule has 0 saturated heterocycles. The number of hydrogen-bond donors (Lipinski definition) is 1. The fourth-order valence-electron chi connectivity index (χ4n) is 4.89. The molecule has 0 aliphatic heterocycles. The van der Waals surface area contributed by atoms with Crippen molar-refractivity contribution in [3.05, 3.63) is 131 Å². The van der Waals surface area contributed by atoms with Gasteiger partial charge in [0.1, 0.15) is 12.6 Å². The first kappa shape index (κ1) is 31.5. The molecule has 43 heavy (non-hydrogen) atoms. The summed E-state index contributed by atoms with van der Waals surface area (Å²) in [5.41, 5.74) is 4.10. The molecule has 4 aromatic carbocycles. The summed E-state index contributed by atoms with van der Waals surface area (Å²) in [7, 11) is -4.11. The Balaban J connectivity index is 1.78. The number of rotatable bonds is 13. The molecule has 1 atom stereocenters. The van der Waals surface area contributed by atoms with Crippen LogP contribution in [0.25, 0.3) is 0 Å². The van der Waals surface area contributed by atoms with E-state index < -0.39 is 28.5 Å². The third kappa shape index (κ3) is 8.32. The fourth-order valence-corrected chi connectivity index (χ4v) is 6.32. The molecule has 4 aromatic rings. The number of aryl methyl sites for hydroxylation is 2. The summed E-state index contributed by atoms with van der Waals surface area (Å²) in [5.74, 6) is -0.756. The Morgan fingerprint density at radius 3 is 2.02 bits per heavy atom. The molecule has 0 saturated carbocycles. The van der Waals surface area contributed by atoms with Crippen LogP contribution in [0.2, 0.25) is 0 Å². The topological polar surface area (TPSA) is 86.8 Å². The van der Waals surface area contributed by atoms with E-state index in [4.69, 9.17) is 0 Å². The molecule has 1 N–H and O–H groups in total. The smallest absolute Gasteiger partial charge is 0.264 e. The zero-order valence-electron chi connectivity index (χ0n) is 24.9. The van der Waals surface area contributed by atoms with Gasteiger partial charge in [-0.2, -0.15) is 0 Å². The SMILES string of the molecule is CCCNC(=O)[C@H](Cc1ccccc1)N(Cc1cccc(C)c1)C(=O)CN(c1ccc(C)cc1)S(=O)(=O)c1ccccc1. The van der Waals surface area contributed by atoms with Crippen molar-refractivity contribution < 1.29 is 18.0 Å². The summed E-state index contributed by atoms with van der Waals surface area (Å²) in [6.07, 6.45) is 1.02. The molecule has 7 nitrogen and oxygen atoms in total. The summed E-state index contributed by atoms with van der Waals surface area (Å²) in [4.78, 5) is 29.7. The van der Waals surface area contributed by atoms with E-state index in [1.807, 2.05) is 87.5 Å². The van der Waals surface area contributed by atoms with Crippen molar-refractivity contribution in [3.63, 3.8) is 0 Å². The summed E-state index contributed by atoms with van der Waals surface area (Å²) >= 11 is 0. The molecule has 0 aliphatic rings. The summed E-state index contributed by atoms with van der Waals surface area (Å²) < 4.78 is 29.1. The lowest BCUT2D eigenvalue weighted by Crippen LogP contribution is -2.53. The van der Waals surface area contributed by atoms with E-state index in [1.54, 1.807) is 30.3 Å². The number of benzene rings is 4. The van der Waals surface area contributed by atoms with Crippen molar-refractivity contribution in [2.24, 2.45) is 0 Å². The highest BCUT2D eigenvalue weighted by Crippen LogP contribution is 2.25. The molecule has 4 rings (SSSR count). The van der Waals surface area contributed by atoms with Gasteiger partial charge in [0.15, 0.2) is 0 Å². The molecule has 0 spiro atoms. The molecular weight excluding hydrogens is 558 g/mol. The second-order valence-electron chi connectivity index (χ2n) is 10.7. The molecule has 0 aromatic heterocycles. The second kappa shape index (κ2) is 14.6. The molecule has 224 valence electrons. The average molecular weight is 598 g/mol. The van der Waals surface area contributed by atoms with Crippen LogP contribution >= 0.6 is 0 Å². The van der Waals surface area contributed by atoms with E-state index in [9.17, 15) is 18.0 Å². The lowest BCUT2D eigenvalue weighted by atomic mass is 10.0. The Hall–Kier alpha value is -4.43. The van der Waals surface area contributed by atoms with Gasteiger partial charge < -0.3 is 10.2 Å². The van der Waals surface area contributed by atoms with E-state index in [2.05, 4.69) is 5.32 Å². The highest BCUT2D eigenvalue weighted by molar-refractivity contribution is 7.92. The number of anilines is 1. The Morgan fingerprint density at radius 1 is 0.767 bits per heavy atom. The Bertz CT molecular complexity index is 1610. The van der Waals surface area contributed by atoms with Crippen molar-refractivity contribution >= 4 is 27.5 Å². The summed E-state index contributed by atoms with van der Waals surface area (Å²) in [6.45, 7) is 5.99. The minimum Gasteiger partial charge on any atom is -0.354 e. The molecular formula is C35H39N3O4S. The van der Waals surface area contributed by atoms with Crippen LogP contribution in [-0.2, 0) is 32.6 Å². The van der Waals surface area contributed by atoms with Crippen LogP contribution in [0.5, 0.6) is 0 Å². The monoisotopic (exact) mass is 597 g/mol.